The molecule has 28 heavy (non-hydrogen) atoms. The number of nitrogens with zero attached hydrogens (tertiary/aromatic N) is 2. The standard InChI is InChI=1S/C18H12F5N3O2/c1-26-13(8-15(25-26)18(21,22)23)9-5-6-10(14(27)7-9)17(28)24-16-11(19)3-2-4-12(16)20/h2-8,27H,1H3,(H,24,28). The van der Waals surface area contributed by atoms with Crippen LogP contribution in [0.25, 0.3) is 11.3 Å². The first-order valence-electron chi connectivity index (χ1n) is 7.78. The summed E-state index contributed by atoms with van der Waals surface area (Å²) < 4.78 is 66.6. The molecule has 0 saturated heterocycles. The summed E-state index contributed by atoms with van der Waals surface area (Å²) in [6, 6.07) is 7.27. The quantitative estimate of drug-likeness (QED) is 0.646. The third-order valence-corrected chi connectivity index (χ3v) is 3.91. The van der Waals surface area contributed by atoms with Crippen LogP contribution in [0.1, 0.15) is 16.1 Å². The van der Waals surface area contributed by atoms with E-state index in [1.54, 1.807) is 0 Å². The van der Waals surface area contributed by atoms with Crippen molar-refractivity contribution in [3.8, 4) is 17.0 Å². The van der Waals surface area contributed by atoms with Crippen LogP contribution >= 0.6 is 0 Å². The number of rotatable bonds is 3. The molecule has 0 atom stereocenters. The molecule has 0 saturated carbocycles. The van der Waals surface area contributed by atoms with Gasteiger partial charge in [-0.15, -0.1) is 0 Å². The van der Waals surface area contributed by atoms with E-state index in [9.17, 15) is 31.9 Å². The second kappa shape index (κ2) is 6.95. The maximum Gasteiger partial charge on any atom is 0.435 e. The SMILES string of the molecule is Cn1nc(C(F)(F)F)cc1-c1ccc(C(=O)Nc2c(F)cccc2F)c(O)c1. The highest BCUT2D eigenvalue weighted by atomic mass is 19.4. The summed E-state index contributed by atoms with van der Waals surface area (Å²) in [5.74, 6) is -3.58. The molecule has 0 fully saturated rings. The van der Waals surface area contributed by atoms with Gasteiger partial charge in [-0.2, -0.15) is 18.3 Å². The molecule has 3 rings (SSSR count). The number of nitrogens with one attached hydrogen (secondary N) is 1. The monoisotopic (exact) mass is 397 g/mol. The molecule has 0 unspecified atom stereocenters. The fraction of sp³-hybridized carbons (Fsp3) is 0.111. The van der Waals surface area contributed by atoms with E-state index in [0.717, 1.165) is 41.1 Å². The number of aryl methyl sites for hydroxylation is 1. The lowest BCUT2D eigenvalue weighted by atomic mass is 10.1. The lowest BCUT2D eigenvalue weighted by molar-refractivity contribution is -0.141. The van der Waals surface area contributed by atoms with Gasteiger partial charge in [0.15, 0.2) is 5.69 Å². The van der Waals surface area contributed by atoms with Gasteiger partial charge >= 0.3 is 6.18 Å². The predicted molar refractivity (Wildman–Crippen MR) is 89.6 cm³/mol. The van der Waals surface area contributed by atoms with Crippen LogP contribution in [0.2, 0.25) is 0 Å². The van der Waals surface area contributed by atoms with Crippen LogP contribution in [-0.4, -0.2) is 20.8 Å². The Morgan fingerprint density at radius 2 is 1.75 bits per heavy atom. The third kappa shape index (κ3) is 3.66. The molecule has 1 amide bonds. The number of anilines is 1. The number of phenols is 1. The van der Waals surface area contributed by atoms with Crippen molar-refractivity contribution in [1.29, 1.82) is 0 Å². The fourth-order valence-electron chi connectivity index (χ4n) is 2.56. The summed E-state index contributed by atoms with van der Waals surface area (Å²) in [5.41, 5.74) is -1.89. The van der Waals surface area contributed by atoms with E-state index in [4.69, 9.17) is 0 Å². The number of alkyl halides is 3. The predicted octanol–water partition coefficient (Wildman–Crippen LogP) is 4.34. The molecule has 1 heterocycles. The van der Waals surface area contributed by atoms with Gasteiger partial charge in [0.25, 0.3) is 5.91 Å². The van der Waals surface area contributed by atoms with Gasteiger partial charge in [-0.1, -0.05) is 12.1 Å². The van der Waals surface area contributed by atoms with E-state index in [-0.39, 0.29) is 16.8 Å². The molecule has 2 N–H and O–H groups in total. The number of carbonyl (C=O) groups excluding carboxylic acids is 1. The van der Waals surface area contributed by atoms with Crippen molar-refractivity contribution in [2.75, 3.05) is 5.32 Å². The lowest BCUT2D eigenvalue weighted by Crippen LogP contribution is -2.14. The minimum absolute atomic E-state index is 0.0507. The van der Waals surface area contributed by atoms with Crippen molar-refractivity contribution >= 4 is 11.6 Å². The number of phenolic OH excluding ortho intramolecular Hbond substituents is 1. The van der Waals surface area contributed by atoms with Crippen molar-refractivity contribution in [3.63, 3.8) is 0 Å². The molecule has 0 aliphatic heterocycles. The van der Waals surface area contributed by atoms with Crippen LogP contribution in [0.5, 0.6) is 5.75 Å². The zero-order valence-electron chi connectivity index (χ0n) is 14.2. The van der Waals surface area contributed by atoms with E-state index in [1.807, 2.05) is 5.32 Å². The Labute approximate surface area is 155 Å². The molecule has 0 spiro atoms. The highest BCUT2D eigenvalue weighted by molar-refractivity contribution is 6.06. The van der Waals surface area contributed by atoms with Crippen molar-refractivity contribution in [2.24, 2.45) is 7.05 Å². The summed E-state index contributed by atoms with van der Waals surface area (Å²) in [6.45, 7) is 0. The Balaban J connectivity index is 1.91. The first-order chi connectivity index (χ1) is 13.1. The van der Waals surface area contributed by atoms with Crippen molar-refractivity contribution in [2.45, 2.75) is 6.18 Å². The number of hydrogen-bond acceptors (Lipinski definition) is 3. The summed E-state index contributed by atoms with van der Waals surface area (Å²) in [4.78, 5) is 12.2. The maximum absolute atomic E-state index is 13.6. The molecule has 5 nitrogen and oxygen atoms in total. The van der Waals surface area contributed by atoms with Crippen LogP contribution < -0.4 is 5.32 Å². The molecule has 146 valence electrons. The molecule has 0 aliphatic rings. The van der Waals surface area contributed by atoms with Crippen molar-refractivity contribution in [1.82, 2.24) is 9.78 Å². The van der Waals surface area contributed by atoms with Crippen molar-refractivity contribution in [3.05, 3.63) is 65.4 Å². The Hall–Kier alpha value is -3.43. The number of hydrogen-bond donors (Lipinski definition) is 2. The Morgan fingerprint density at radius 1 is 1.11 bits per heavy atom. The first kappa shape index (κ1) is 19.3. The topological polar surface area (TPSA) is 67.2 Å². The highest BCUT2D eigenvalue weighted by Crippen LogP contribution is 2.33. The van der Waals surface area contributed by atoms with Crippen LogP contribution in [0.3, 0.4) is 0 Å². The lowest BCUT2D eigenvalue weighted by Gasteiger charge is -2.10. The normalized spacial score (nSPS) is 11.5. The van der Waals surface area contributed by atoms with Gasteiger partial charge in [0, 0.05) is 12.6 Å². The number of carbonyl (C=O) groups is 1. The van der Waals surface area contributed by atoms with Crippen LogP contribution in [0, 0.1) is 11.6 Å². The Bertz CT molecular complexity index is 1040. The minimum Gasteiger partial charge on any atom is -0.507 e. The summed E-state index contributed by atoms with van der Waals surface area (Å²) in [7, 11) is 1.29. The second-order valence-electron chi connectivity index (χ2n) is 5.82. The third-order valence-electron chi connectivity index (χ3n) is 3.91. The molecule has 3 aromatic rings. The van der Waals surface area contributed by atoms with Gasteiger partial charge in [0.2, 0.25) is 0 Å². The smallest absolute Gasteiger partial charge is 0.435 e. The average Bonchev–Trinajstić information content (AvgIpc) is 3.00. The van der Waals surface area contributed by atoms with Gasteiger partial charge < -0.3 is 10.4 Å². The Morgan fingerprint density at radius 3 is 2.29 bits per heavy atom. The summed E-state index contributed by atoms with van der Waals surface area (Å²) in [5, 5.41) is 15.5. The molecule has 1 aromatic heterocycles. The van der Waals surface area contributed by atoms with E-state index in [0.29, 0.717) is 0 Å². The second-order valence-corrected chi connectivity index (χ2v) is 5.82. The molecule has 2 aromatic carbocycles. The van der Waals surface area contributed by atoms with Gasteiger partial charge in [-0.3, -0.25) is 9.48 Å². The molecule has 0 bridgehead atoms. The van der Waals surface area contributed by atoms with Gasteiger partial charge in [0.05, 0.1) is 11.3 Å². The Kier molecular flexibility index (Phi) is 4.80. The summed E-state index contributed by atoms with van der Waals surface area (Å²) in [6.07, 6.45) is -4.64. The van der Waals surface area contributed by atoms with Crippen LogP contribution in [-0.2, 0) is 13.2 Å². The van der Waals surface area contributed by atoms with Crippen molar-refractivity contribution < 1.29 is 31.9 Å². The fourth-order valence-corrected chi connectivity index (χ4v) is 2.56. The zero-order valence-corrected chi connectivity index (χ0v) is 14.2. The number of halogens is 5. The van der Waals surface area contributed by atoms with Crippen LogP contribution in [0.4, 0.5) is 27.6 Å². The number of amides is 1. The van der Waals surface area contributed by atoms with E-state index >= 15 is 0 Å². The molecule has 0 radical (unpaired) electrons. The van der Waals surface area contributed by atoms with E-state index < -0.39 is 40.8 Å². The van der Waals surface area contributed by atoms with Gasteiger partial charge in [0.1, 0.15) is 23.1 Å². The first-order valence-corrected chi connectivity index (χ1v) is 7.78. The average molecular weight is 397 g/mol. The van der Waals surface area contributed by atoms with Gasteiger partial charge in [-0.25, -0.2) is 8.78 Å². The number of aromatic hydroxyl groups is 1. The molecule has 0 aliphatic carbocycles. The van der Waals surface area contributed by atoms with E-state index in [1.165, 1.54) is 13.1 Å². The zero-order chi connectivity index (χ0) is 20.6. The summed E-state index contributed by atoms with van der Waals surface area (Å²) >= 11 is 0. The molecular formula is C18H12F5N3O2. The molecular weight excluding hydrogens is 385 g/mol. The maximum atomic E-state index is 13.6. The number of benzene rings is 2. The van der Waals surface area contributed by atoms with Crippen LogP contribution in [0.15, 0.2) is 42.5 Å². The van der Waals surface area contributed by atoms with E-state index in [2.05, 4.69) is 5.10 Å². The number of para-hydroxylation sites is 1. The number of aromatic nitrogens is 2. The minimum atomic E-state index is -4.64. The molecule has 10 heteroatoms. The largest absolute Gasteiger partial charge is 0.507 e. The highest BCUT2D eigenvalue weighted by Gasteiger charge is 2.34. The van der Waals surface area contributed by atoms with Gasteiger partial charge in [-0.05, 0) is 30.3 Å².